The molecular formula is C16H24ClN3O. The minimum atomic E-state index is -0.0345. The SMILES string of the molecule is CC(C)(C)CN1CCN(C(=O)Nc2ccc(Cl)cc2)CC1. The van der Waals surface area contributed by atoms with Gasteiger partial charge in [0.1, 0.15) is 0 Å². The van der Waals surface area contributed by atoms with Crippen molar-refractivity contribution in [2.45, 2.75) is 20.8 Å². The lowest BCUT2D eigenvalue weighted by Gasteiger charge is -2.37. The second kappa shape index (κ2) is 6.67. The minimum absolute atomic E-state index is 0.0345. The van der Waals surface area contributed by atoms with Crippen LogP contribution in [0, 0.1) is 5.41 Å². The molecule has 0 spiro atoms. The molecule has 1 fully saturated rings. The lowest BCUT2D eigenvalue weighted by atomic mass is 9.96. The molecule has 0 aromatic heterocycles. The molecule has 0 atom stereocenters. The number of halogens is 1. The number of hydrogen-bond acceptors (Lipinski definition) is 2. The average Bonchev–Trinajstić information content (AvgIpc) is 2.40. The van der Waals surface area contributed by atoms with Crippen LogP contribution in [0.1, 0.15) is 20.8 Å². The Balaban J connectivity index is 1.81. The topological polar surface area (TPSA) is 35.6 Å². The third-order valence-corrected chi connectivity index (χ3v) is 3.70. The van der Waals surface area contributed by atoms with Gasteiger partial charge in [0, 0.05) is 43.4 Å². The van der Waals surface area contributed by atoms with Gasteiger partial charge in [-0.15, -0.1) is 0 Å². The molecule has 0 unspecified atom stereocenters. The van der Waals surface area contributed by atoms with Gasteiger partial charge in [-0.05, 0) is 29.7 Å². The van der Waals surface area contributed by atoms with Crippen LogP contribution in [0.4, 0.5) is 10.5 Å². The van der Waals surface area contributed by atoms with E-state index in [2.05, 4.69) is 31.0 Å². The summed E-state index contributed by atoms with van der Waals surface area (Å²) >= 11 is 5.84. The van der Waals surface area contributed by atoms with Crippen molar-refractivity contribution in [3.05, 3.63) is 29.3 Å². The fourth-order valence-corrected chi connectivity index (χ4v) is 2.64. The van der Waals surface area contributed by atoms with E-state index in [0.717, 1.165) is 38.4 Å². The molecule has 1 aliphatic heterocycles. The lowest BCUT2D eigenvalue weighted by Crippen LogP contribution is -2.51. The Bertz CT molecular complexity index is 473. The monoisotopic (exact) mass is 309 g/mol. The highest BCUT2D eigenvalue weighted by Crippen LogP contribution is 2.17. The first kappa shape index (κ1) is 16.1. The van der Waals surface area contributed by atoms with Crippen LogP contribution in [-0.2, 0) is 0 Å². The van der Waals surface area contributed by atoms with Gasteiger partial charge in [-0.1, -0.05) is 32.4 Å². The molecule has 0 aliphatic carbocycles. The Labute approximate surface area is 132 Å². The van der Waals surface area contributed by atoms with Crippen molar-refractivity contribution < 1.29 is 4.79 Å². The molecular weight excluding hydrogens is 286 g/mol. The number of nitrogens with zero attached hydrogens (tertiary/aromatic N) is 2. The van der Waals surface area contributed by atoms with Crippen LogP contribution in [0.25, 0.3) is 0 Å². The zero-order chi connectivity index (χ0) is 15.5. The van der Waals surface area contributed by atoms with Crippen LogP contribution in [-0.4, -0.2) is 48.6 Å². The van der Waals surface area contributed by atoms with Crippen LogP contribution in [0.3, 0.4) is 0 Å². The van der Waals surface area contributed by atoms with Gasteiger partial charge in [0.2, 0.25) is 0 Å². The minimum Gasteiger partial charge on any atom is -0.322 e. The number of anilines is 1. The lowest BCUT2D eigenvalue weighted by molar-refractivity contribution is 0.118. The normalized spacial score (nSPS) is 16.9. The van der Waals surface area contributed by atoms with Crippen molar-refractivity contribution in [2.75, 3.05) is 38.0 Å². The molecule has 4 nitrogen and oxygen atoms in total. The van der Waals surface area contributed by atoms with Gasteiger partial charge in [0.15, 0.2) is 0 Å². The van der Waals surface area contributed by atoms with Gasteiger partial charge in [0.25, 0.3) is 0 Å². The van der Waals surface area contributed by atoms with E-state index < -0.39 is 0 Å². The summed E-state index contributed by atoms with van der Waals surface area (Å²) in [5.74, 6) is 0. The number of benzene rings is 1. The summed E-state index contributed by atoms with van der Waals surface area (Å²) in [7, 11) is 0. The highest BCUT2D eigenvalue weighted by Gasteiger charge is 2.24. The number of rotatable bonds is 2. The Hall–Kier alpha value is -1.26. The summed E-state index contributed by atoms with van der Waals surface area (Å²) in [5.41, 5.74) is 1.08. The van der Waals surface area contributed by atoms with Gasteiger partial charge < -0.3 is 10.2 Å². The molecule has 1 N–H and O–H groups in total. The third-order valence-electron chi connectivity index (χ3n) is 3.45. The summed E-state index contributed by atoms with van der Waals surface area (Å²) in [6.07, 6.45) is 0. The second-order valence-electron chi connectivity index (χ2n) is 6.76. The van der Waals surface area contributed by atoms with Crippen LogP contribution in [0.2, 0.25) is 5.02 Å². The smallest absolute Gasteiger partial charge is 0.321 e. The fraction of sp³-hybridized carbons (Fsp3) is 0.562. The summed E-state index contributed by atoms with van der Waals surface area (Å²) in [5, 5.41) is 3.58. The first-order valence-electron chi connectivity index (χ1n) is 7.37. The number of carbonyl (C=O) groups excluding carboxylic acids is 1. The zero-order valence-corrected chi connectivity index (χ0v) is 13.8. The summed E-state index contributed by atoms with van der Waals surface area (Å²) in [6.45, 7) is 11.2. The van der Waals surface area contributed by atoms with E-state index in [4.69, 9.17) is 11.6 Å². The summed E-state index contributed by atoms with van der Waals surface area (Å²) in [6, 6.07) is 7.15. The molecule has 0 radical (unpaired) electrons. The van der Waals surface area contributed by atoms with Gasteiger partial charge in [-0.25, -0.2) is 4.79 Å². The predicted molar refractivity (Wildman–Crippen MR) is 87.9 cm³/mol. The molecule has 1 aromatic rings. The van der Waals surface area contributed by atoms with Crippen LogP contribution >= 0.6 is 11.6 Å². The highest BCUT2D eigenvalue weighted by atomic mass is 35.5. The molecule has 2 rings (SSSR count). The molecule has 1 aliphatic rings. The van der Waals surface area contributed by atoms with Crippen LogP contribution < -0.4 is 5.32 Å². The van der Waals surface area contributed by atoms with Crippen molar-refractivity contribution in [1.29, 1.82) is 0 Å². The molecule has 0 saturated carbocycles. The first-order valence-corrected chi connectivity index (χ1v) is 7.75. The molecule has 1 saturated heterocycles. The van der Waals surface area contributed by atoms with E-state index in [-0.39, 0.29) is 6.03 Å². The number of carbonyl (C=O) groups is 1. The van der Waals surface area contributed by atoms with Crippen LogP contribution in [0.15, 0.2) is 24.3 Å². The Morgan fingerprint density at radius 1 is 1.14 bits per heavy atom. The summed E-state index contributed by atoms with van der Waals surface area (Å²) < 4.78 is 0. The Morgan fingerprint density at radius 3 is 2.24 bits per heavy atom. The highest BCUT2D eigenvalue weighted by molar-refractivity contribution is 6.30. The van der Waals surface area contributed by atoms with Crippen molar-refractivity contribution in [1.82, 2.24) is 9.80 Å². The maximum atomic E-state index is 12.2. The molecule has 21 heavy (non-hydrogen) atoms. The largest absolute Gasteiger partial charge is 0.322 e. The number of piperazine rings is 1. The Kier molecular flexibility index (Phi) is 5.12. The summed E-state index contributed by atoms with van der Waals surface area (Å²) in [4.78, 5) is 16.5. The van der Waals surface area contributed by atoms with Gasteiger partial charge in [0.05, 0.1) is 0 Å². The van der Waals surface area contributed by atoms with E-state index >= 15 is 0 Å². The molecule has 0 bridgehead atoms. The van der Waals surface area contributed by atoms with Gasteiger partial charge >= 0.3 is 6.03 Å². The molecule has 2 amide bonds. The fourth-order valence-electron chi connectivity index (χ4n) is 2.52. The van der Waals surface area contributed by atoms with Crippen molar-refractivity contribution in [3.8, 4) is 0 Å². The first-order chi connectivity index (χ1) is 9.83. The van der Waals surface area contributed by atoms with Crippen molar-refractivity contribution in [2.24, 2.45) is 5.41 Å². The van der Waals surface area contributed by atoms with Crippen molar-refractivity contribution in [3.63, 3.8) is 0 Å². The van der Waals surface area contributed by atoms with Gasteiger partial charge in [-0.2, -0.15) is 0 Å². The van der Waals surface area contributed by atoms with Gasteiger partial charge in [-0.3, -0.25) is 4.90 Å². The van der Waals surface area contributed by atoms with E-state index in [1.165, 1.54) is 0 Å². The number of amides is 2. The maximum Gasteiger partial charge on any atom is 0.321 e. The molecule has 5 heteroatoms. The van der Waals surface area contributed by atoms with Crippen molar-refractivity contribution >= 4 is 23.3 Å². The molecule has 1 heterocycles. The van der Waals surface area contributed by atoms with E-state index in [1.54, 1.807) is 12.1 Å². The Morgan fingerprint density at radius 2 is 1.71 bits per heavy atom. The molecule has 116 valence electrons. The van der Waals surface area contributed by atoms with Crippen LogP contribution in [0.5, 0.6) is 0 Å². The molecule has 1 aromatic carbocycles. The predicted octanol–water partition coefficient (Wildman–Crippen LogP) is 3.54. The average molecular weight is 310 g/mol. The maximum absolute atomic E-state index is 12.2. The number of hydrogen-bond donors (Lipinski definition) is 1. The van der Waals surface area contributed by atoms with E-state index in [9.17, 15) is 4.79 Å². The second-order valence-corrected chi connectivity index (χ2v) is 7.20. The number of nitrogens with one attached hydrogen (secondary N) is 1. The van der Waals surface area contributed by atoms with E-state index in [1.807, 2.05) is 17.0 Å². The number of urea groups is 1. The zero-order valence-electron chi connectivity index (χ0n) is 13.0. The quantitative estimate of drug-likeness (QED) is 0.907. The van der Waals surface area contributed by atoms with E-state index in [0.29, 0.717) is 10.4 Å². The standard InChI is InChI=1S/C16H24ClN3O/c1-16(2,3)12-19-8-10-20(11-9-19)15(21)18-14-6-4-13(17)5-7-14/h4-7H,8-12H2,1-3H3,(H,18,21). The third kappa shape index (κ3) is 5.21.